The lowest BCUT2D eigenvalue weighted by molar-refractivity contribution is 0.368. The summed E-state index contributed by atoms with van der Waals surface area (Å²) < 4.78 is 34.4. The van der Waals surface area contributed by atoms with E-state index in [9.17, 15) is 8.42 Å². The minimum absolute atomic E-state index is 0.0167. The molecule has 0 saturated carbocycles. The maximum Gasteiger partial charge on any atom is 0.322 e. The number of para-hydroxylation sites is 2. The predicted molar refractivity (Wildman–Crippen MR) is 91.9 cm³/mol. The number of benzene rings is 2. The highest BCUT2D eigenvalue weighted by molar-refractivity contribution is 7.89. The van der Waals surface area contributed by atoms with Crippen molar-refractivity contribution in [3.05, 3.63) is 60.8 Å². The molecule has 1 heterocycles. The normalized spacial score (nSPS) is 11.1. The first-order valence-corrected chi connectivity index (χ1v) is 8.80. The Bertz CT molecular complexity index is 1010. The molecule has 0 aliphatic heterocycles. The van der Waals surface area contributed by atoms with Crippen molar-refractivity contribution in [1.29, 1.82) is 0 Å². The summed E-state index contributed by atoms with van der Waals surface area (Å²) in [7, 11) is -2.36. The fourth-order valence-electron chi connectivity index (χ4n) is 2.27. The Morgan fingerprint density at radius 3 is 2.36 bits per heavy atom. The SMILES string of the molecule is COc1ccccc1Oc1nccc(-c2ccccc2S(N)(=O)=O)n1. The van der Waals surface area contributed by atoms with Gasteiger partial charge in [-0.05, 0) is 24.3 Å². The van der Waals surface area contributed by atoms with Crippen molar-refractivity contribution in [3.8, 4) is 28.8 Å². The van der Waals surface area contributed by atoms with Crippen LogP contribution < -0.4 is 14.6 Å². The molecule has 0 aliphatic rings. The number of primary sulfonamides is 1. The van der Waals surface area contributed by atoms with Crippen LogP contribution in [0.2, 0.25) is 0 Å². The number of methoxy groups -OCH3 is 1. The molecule has 2 aromatic carbocycles. The summed E-state index contributed by atoms with van der Waals surface area (Å²) in [6.07, 6.45) is 1.48. The molecule has 0 fully saturated rings. The number of aromatic nitrogens is 2. The zero-order chi connectivity index (χ0) is 17.9. The second-order valence-electron chi connectivity index (χ2n) is 5.02. The Labute approximate surface area is 145 Å². The summed E-state index contributed by atoms with van der Waals surface area (Å²) in [5.41, 5.74) is 0.752. The molecule has 8 heteroatoms. The number of rotatable bonds is 5. The van der Waals surface area contributed by atoms with Gasteiger partial charge in [0.05, 0.1) is 17.7 Å². The van der Waals surface area contributed by atoms with Gasteiger partial charge in [-0.25, -0.2) is 18.5 Å². The van der Waals surface area contributed by atoms with E-state index in [0.29, 0.717) is 22.8 Å². The fourth-order valence-corrected chi connectivity index (χ4v) is 3.02. The molecule has 128 valence electrons. The van der Waals surface area contributed by atoms with E-state index < -0.39 is 10.0 Å². The van der Waals surface area contributed by atoms with Crippen LogP contribution in [0.1, 0.15) is 0 Å². The quantitative estimate of drug-likeness (QED) is 0.752. The van der Waals surface area contributed by atoms with E-state index >= 15 is 0 Å². The number of ether oxygens (including phenoxy) is 2. The molecule has 0 saturated heterocycles. The van der Waals surface area contributed by atoms with Crippen LogP contribution in [-0.4, -0.2) is 25.5 Å². The van der Waals surface area contributed by atoms with Gasteiger partial charge in [0.25, 0.3) is 0 Å². The van der Waals surface area contributed by atoms with Gasteiger partial charge in [0, 0.05) is 11.8 Å². The average Bonchev–Trinajstić information content (AvgIpc) is 2.62. The zero-order valence-corrected chi connectivity index (χ0v) is 14.1. The van der Waals surface area contributed by atoms with E-state index in [1.807, 2.05) is 6.07 Å². The monoisotopic (exact) mass is 357 g/mol. The van der Waals surface area contributed by atoms with Crippen molar-refractivity contribution in [3.63, 3.8) is 0 Å². The van der Waals surface area contributed by atoms with Gasteiger partial charge in [0.15, 0.2) is 11.5 Å². The lowest BCUT2D eigenvalue weighted by atomic mass is 10.1. The van der Waals surface area contributed by atoms with Crippen LogP contribution in [0.5, 0.6) is 17.5 Å². The third-order valence-electron chi connectivity index (χ3n) is 3.37. The molecule has 2 N–H and O–H groups in total. The average molecular weight is 357 g/mol. The highest BCUT2D eigenvalue weighted by atomic mass is 32.2. The topological polar surface area (TPSA) is 104 Å². The molecule has 1 aromatic heterocycles. The summed E-state index contributed by atoms with van der Waals surface area (Å²) in [6, 6.07) is 15.0. The van der Waals surface area contributed by atoms with E-state index in [-0.39, 0.29) is 10.9 Å². The van der Waals surface area contributed by atoms with Crippen molar-refractivity contribution in [2.45, 2.75) is 4.90 Å². The first-order chi connectivity index (χ1) is 12.0. The van der Waals surface area contributed by atoms with Crippen LogP contribution in [0, 0.1) is 0 Å². The van der Waals surface area contributed by atoms with Crippen LogP contribution in [0.15, 0.2) is 65.7 Å². The van der Waals surface area contributed by atoms with Crippen molar-refractivity contribution >= 4 is 10.0 Å². The van der Waals surface area contributed by atoms with Crippen molar-refractivity contribution in [1.82, 2.24) is 9.97 Å². The largest absolute Gasteiger partial charge is 0.493 e. The summed E-state index contributed by atoms with van der Waals surface area (Å²) in [5, 5.41) is 5.28. The Hall–Kier alpha value is -2.97. The van der Waals surface area contributed by atoms with Crippen molar-refractivity contribution in [2.24, 2.45) is 5.14 Å². The van der Waals surface area contributed by atoms with Crippen LogP contribution in [0.3, 0.4) is 0 Å². The second kappa shape index (κ2) is 6.88. The highest BCUT2D eigenvalue weighted by Crippen LogP contribution is 2.31. The lowest BCUT2D eigenvalue weighted by Gasteiger charge is -2.10. The van der Waals surface area contributed by atoms with E-state index in [1.54, 1.807) is 42.5 Å². The van der Waals surface area contributed by atoms with E-state index in [0.717, 1.165) is 0 Å². The van der Waals surface area contributed by atoms with Crippen LogP contribution in [0.4, 0.5) is 0 Å². The van der Waals surface area contributed by atoms with Gasteiger partial charge >= 0.3 is 6.01 Å². The molecular formula is C17H15N3O4S. The maximum atomic E-state index is 11.8. The highest BCUT2D eigenvalue weighted by Gasteiger charge is 2.16. The van der Waals surface area contributed by atoms with Crippen molar-refractivity contribution in [2.75, 3.05) is 7.11 Å². The van der Waals surface area contributed by atoms with E-state index in [2.05, 4.69) is 9.97 Å². The summed E-state index contributed by atoms with van der Waals surface area (Å²) in [5.74, 6) is 0.975. The molecule has 0 atom stereocenters. The Morgan fingerprint density at radius 1 is 0.960 bits per heavy atom. The second-order valence-corrected chi connectivity index (χ2v) is 6.55. The molecule has 0 radical (unpaired) electrons. The number of sulfonamides is 1. The minimum Gasteiger partial charge on any atom is -0.493 e. The van der Waals surface area contributed by atoms with Crippen LogP contribution in [0.25, 0.3) is 11.3 Å². The number of hydrogen-bond acceptors (Lipinski definition) is 6. The molecule has 3 aromatic rings. The van der Waals surface area contributed by atoms with Crippen LogP contribution >= 0.6 is 0 Å². The third-order valence-corrected chi connectivity index (χ3v) is 4.34. The number of nitrogens with zero attached hydrogens (tertiary/aromatic N) is 2. The predicted octanol–water partition coefficient (Wildman–Crippen LogP) is 2.59. The molecule has 3 rings (SSSR count). The third kappa shape index (κ3) is 3.76. The van der Waals surface area contributed by atoms with E-state index in [4.69, 9.17) is 14.6 Å². The number of nitrogens with two attached hydrogens (primary N) is 1. The Kier molecular flexibility index (Phi) is 4.64. The molecule has 0 amide bonds. The zero-order valence-electron chi connectivity index (χ0n) is 13.3. The first-order valence-electron chi connectivity index (χ1n) is 7.25. The van der Waals surface area contributed by atoms with E-state index in [1.165, 1.54) is 19.4 Å². The van der Waals surface area contributed by atoms with Gasteiger partial charge in [0.2, 0.25) is 10.0 Å². The molecule has 0 aliphatic carbocycles. The van der Waals surface area contributed by atoms with Crippen molar-refractivity contribution < 1.29 is 17.9 Å². The molecule has 0 unspecified atom stereocenters. The van der Waals surface area contributed by atoms with Crippen LogP contribution in [-0.2, 0) is 10.0 Å². The lowest BCUT2D eigenvalue weighted by Crippen LogP contribution is -2.13. The van der Waals surface area contributed by atoms with Gasteiger partial charge < -0.3 is 9.47 Å². The standard InChI is InChI=1S/C17H15N3O4S/c1-23-14-7-3-4-8-15(14)24-17-19-11-10-13(20-17)12-6-2-5-9-16(12)25(18,21)22/h2-11H,1H3,(H2,18,21,22). The Balaban J connectivity index is 2.01. The summed E-state index contributed by atoms with van der Waals surface area (Å²) >= 11 is 0. The summed E-state index contributed by atoms with van der Waals surface area (Å²) in [4.78, 5) is 8.32. The first kappa shape index (κ1) is 16.9. The molecule has 0 bridgehead atoms. The molecular weight excluding hydrogens is 342 g/mol. The maximum absolute atomic E-state index is 11.8. The van der Waals surface area contributed by atoms with Gasteiger partial charge in [-0.3, -0.25) is 0 Å². The summed E-state index contributed by atoms with van der Waals surface area (Å²) in [6.45, 7) is 0. The van der Waals surface area contributed by atoms with Gasteiger partial charge in [-0.1, -0.05) is 30.3 Å². The smallest absolute Gasteiger partial charge is 0.322 e. The molecule has 0 spiro atoms. The van der Waals surface area contributed by atoms with Gasteiger partial charge in [-0.2, -0.15) is 4.98 Å². The molecule has 7 nitrogen and oxygen atoms in total. The van der Waals surface area contributed by atoms with Gasteiger partial charge in [-0.15, -0.1) is 0 Å². The Morgan fingerprint density at radius 2 is 1.64 bits per heavy atom. The molecule has 25 heavy (non-hydrogen) atoms. The number of hydrogen-bond donors (Lipinski definition) is 1. The minimum atomic E-state index is -3.89. The van der Waals surface area contributed by atoms with Gasteiger partial charge in [0.1, 0.15) is 0 Å². The fraction of sp³-hybridized carbons (Fsp3) is 0.0588.